The van der Waals surface area contributed by atoms with E-state index in [1.54, 1.807) is 0 Å². The van der Waals surface area contributed by atoms with Crippen LogP contribution in [0.15, 0.2) is 72.9 Å². The standard InChI is InChI=1S/C41H69O8P/c1-3-5-7-9-11-13-15-17-19-20-22-24-26-28-30-32-34-36-41(43)49-39(38-48-50(44,45)46)37-47-40(42)35-33-31-29-27-25-23-21-18-16-14-12-10-8-6-4-2/h11,13-14,16-19,21-22,24,28,30,39H,3-10,12,15,20,23,25-27,29,31-38H2,1-2H3,(H2,44,45,46)/b13-11+,16-14+,19-17+,21-18+,24-22+,30-28+/t39-/m1/s1. The van der Waals surface area contributed by atoms with Crippen molar-refractivity contribution in [3.63, 3.8) is 0 Å². The summed E-state index contributed by atoms with van der Waals surface area (Å²) in [7, 11) is -4.77. The number of ether oxygens (including phenoxy) is 2. The molecule has 8 nitrogen and oxygen atoms in total. The molecule has 0 heterocycles. The number of hydrogen-bond acceptors (Lipinski definition) is 6. The minimum absolute atomic E-state index is 0.129. The molecule has 1 atom stereocenters. The zero-order valence-corrected chi connectivity index (χ0v) is 32.2. The van der Waals surface area contributed by atoms with Crippen LogP contribution in [0.4, 0.5) is 0 Å². The lowest BCUT2D eigenvalue weighted by Gasteiger charge is -2.18. The number of rotatable bonds is 34. The number of carbonyl (C=O) groups excluding carboxylic acids is 2. The molecular weight excluding hydrogens is 651 g/mol. The van der Waals surface area contributed by atoms with Crippen molar-refractivity contribution in [1.82, 2.24) is 0 Å². The average molecular weight is 721 g/mol. The summed E-state index contributed by atoms with van der Waals surface area (Å²) in [5.41, 5.74) is 0. The Labute approximate surface area is 304 Å². The Hall–Kier alpha value is -2.51. The number of carbonyl (C=O) groups is 2. The molecular formula is C41H69O8P. The molecule has 0 radical (unpaired) electrons. The molecule has 0 aromatic carbocycles. The molecule has 50 heavy (non-hydrogen) atoms. The summed E-state index contributed by atoms with van der Waals surface area (Å²) in [4.78, 5) is 42.7. The van der Waals surface area contributed by atoms with Crippen LogP contribution in [0.5, 0.6) is 0 Å². The van der Waals surface area contributed by atoms with E-state index in [-0.39, 0.29) is 19.4 Å². The number of allylic oxidation sites excluding steroid dienone is 12. The van der Waals surface area contributed by atoms with Gasteiger partial charge in [-0.05, 0) is 77.0 Å². The van der Waals surface area contributed by atoms with Crippen LogP contribution in [0, 0.1) is 0 Å². The first-order valence-corrected chi connectivity index (χ1v) is 20.8. The van der Waals surface area contributed by atoms with E-state index in [2.05, 4.69) is 85.2 Å². The highest BCUT2D eigenvalue weighted by molar-refractivity contribution is 7.46. The van der Waals surface area contributed by atoms with Gasteiger partial charge in [-0.25, -0.2) is 4.57 Å². The average Bonchev–Trinajstić information content (AvgIpc) is 3.08. The van der Waals surface area contributed by atoms with Crippen molar-refractivity contribution in [3.05, 3.63) is 72.9 Å². The third-order valence-electron chi connectivity index (χ3n) is 7.73. The lowest BCUT2D eigenvalue weighted by Crippen LogP contribution is -2.29. The fraction of sp³-hybridized carbons (Fsp3) is 0.659. The van der Waals surface area contributed by atoms with Crippen molar-refractivity contribution in [2.75, 3.05) is 13.2 Å². The predicted octanol–water partition coefficient (Wildman–Crippen LogP) is 11.5. The second-order valence-corrected chi connectivity index (χ2v) is 13.8. The van der Waals surface area contributed by atoms with Gasteiger partial charge in [0.1, 0.15) is 6.61 Å². The van der Waals surface area contributed by atoms with E-state index < -0.39 is 32.5 Å². The minimum atomic E-state index is -4.77. The van der Waals surface area contributed by atoms with Gasteiger partial charge in [0.2, 0.25) is 0 Å². The second-order valence-electron chi connectivity index (χ2n) is 12.6. The molecule has 0 aliphatic heterocycles. The summed E-state index contributed by atoms with van der Waals surface area (Å²) in [6, 6.07) is 0. The highest BCUT2D eigenvalue weighted by Gasteiger charge is 2.22. The fourth-order valence-electron chi connectivity index (χ4n) is 4.82. The minimum Gasteiger partial charge on any atom is -0.462 e. The van der Waals surface area contributed by atoms with Gasteiger partial charge in [0.25, 0.3) is 0 Å². The van der Waals surface area contributed by atoms with Gasteiger partial charge in [0, 0.05) is 12.8 Å². The van der Waals surface area contributed by atoms with Crippen LogP contribution in [0.25, 0.3) is 0 Å². The number of phosphoric ester groups is 1. The van der Waals surface area contributed by atoms with E-state index in [1.165, 1.54) is 51.4 Å². The first-order valence-electron chi connectivity index (χ1n) is 19.2. The molecule has 0 saturated carbocycles. The maximum Gasteiger partial charge on any atom is 0.469 e. The first-order chi connectivity index (χ1) is 24.3. The summed E-state index contributed by atoms with van der Waals surface area (Å²) in [5, 5.41) is 0. The Morgan fingerprint density at radius 2 is 0.980 bits per heavy atom. The topological polar surface area (TPSA) is 119 Å². The van der Waals surface area contributed by atoms with Gasteiger partial charge >= 0.3 is 19.8 Å². The van der Waals surface area contributed by atoms with Gasteiger partial charge < -0.3 is 19.3 Å². The molecule has 0 aliphatic rings. The monoisotopic (exact) mass is 720 g/mol. The van der Waals surface area contributed by atoms with Crippen LogP contribution in [-0.2, 0) is 28.2 Å². The summed E-state index contributed by atoms with van der Waals surface area (Å²) in [6.07, 6.45) is 46.2. The van der Waals surface area contributed by atoms with Crippen LogP contribution >= 0.6 is 7.82 Å². The van der Waals surface area contributed by atoms with Crippen LogP contribution in [0.2, 0.25) is 0 Å². The van der Waals surface area contributed by atoms with Gasteiger partial charge in [-0.1, -0.05) is 138 Å². The summed E-state index contributed by atoms with van der Waals surface area (Å²) in [6.45, 7) is 3.56. The lowest BCUT2D eigenvalue weighted by atomic mass is 10.1. The van der Waals surface area contributed by atoms with E-state index in [9.17, 15) is 14.2 Å². The SMILES string of the molecule is CCCCC/C=C/C/C=C/C/C=C/C/C=C/CCCC(=O)O[C@H](COC(=O)CCCCCCC/C=C/C=C/CCCCCC)COP(=O)(O)O. The Morgan fingerprint density at radius 1 is 0.540 bits per heavy atom. The van der Waals surface area contributed by atoms with Crippen LogP contribution in [-0.4, -0.2) is 41.0 Å². The first kappa shape index (κ1) is 47.5. The number of unbranched alkanes of at least 4 members (excludes halogenated alkanes) is 13. The molecule has 0 spiro atoms. The van der Waals surface area contributed by atoms with E-state index >= 15 is 0 Å². The number of hydrogen-bond donors (Lipinski definition) is 2. The second kappa shape index (κ2) is 36.3. The van der Waals surface area contributed by atoms with Crippen molar-refractivity contribution >= 4 is 19.8 Å². The van der Waals surface area contributed by atoms with Crippen molar-refractivity contribution < 1.29 is 37.9 Å². The third-order valence-corrected chi connectivity index (χ3v) is 8.21. The Balaban J connectivity index is 4.12. The van der Waals surface area contributed by atoms with Crippen molar-refractivity contribution in [2.45, 2.75) is 161 Å². The number of phosphoric acid groups is 1. The van der Waals surface area contributed by atoms with Gasteiger partial charge in [0.05, 0.1) is 6.61 Å². The molecule has 2 N–H and O–H groups in total. The van der Waals surface area contributed by atoms with Crippen LogP contribution < -0.4 is 0 Å². The Morgan fingerprint density at radius 3 is 1.56 bits per heavy atom. The molecule has 0 aliphatic carbocycles. The van der Waals surface area contributed by atoms with Crippen molar-refractivity contribution in [3.8, 4) is 0 Å². The molecule has 0 aromatic rings. The zero-order chi connectivity index (χ0) is 36.8. The molecule has 0 aromatic heterocycles. The molecule has 9 heteroatoms. The fourth-order valence-corrected chi connectivity index (χ4v) is 5.19. The summed E-state index contributed by atoms with van der Waals surface area (Å²) in [5.74, 6) is -0.975. The van der Waals surface area contributed by atoms with Crippen molar-refractivity contribution in [2.24, 2.45) is 0 Å². The molecule has 0 bridgehead atoms. The van der Waals surface area contributed by atoms with Gasteiger partial charge in [0.15, 0.2) is 6.10 Å². The molecule has 0 saturated heterocycles. The van der Waals surface area contributed by atoms with Gasteiger partial charge in [-0.3, -0.25) is 14.1 Å². The van der Waals surface area contributed by atoms with Crippen molar-refractivity contribution in [1.29, 1.82) is 0 Å². The smallest absolute Gasteiger partial charge is 0.462 e. The Kier molecular flexibility index (Phi) is 34.5. The molecule has 286 valence electrons. The molecule has 0 fully saturated rings. The summed E-state index contributed by atoms with van der Waals surface area (Å²) >= 11 is 0. The van der Waals surface area contributed by atoms with E-state index in [0.717, 1.165) is 57.8 Å². The number of esters is 2. The van der Waals surface area contributed by atoms with E-state index in [0.29, 0.717) is 19.3 Å². The highest BCUT2D eigenvalue weighted by atomic mass is 31.2. The predicted molar refractivity (Wildman–Crippen MR) is 207 cm³/mol. The lowest BCUT2D eigenvalue weighted by molar-refractivity contribution is -0.161. The van der Waals surface area contributed by atoms with E-state index in [1.807, 2.05) is 6.08 Å². The maximum atomic E-state index is 12.3. The van der Waals surface area contributed by atoms with Crippen LogP contribution in [0.1, 0.15) is 155 Å². The molecule has 0 rings (SSSR count). The maximum absolute atomic E-state index is 12.3. The third kappa shape index (κ3) is 38.3. The normalized spacial score (nSPS) is 13.3. The zero-order valence-electron chi connectivity index (χ0n) is 31.3. The molecule has 0 unspecified atom stereocenters. The highest BCUT2D eigenvalue weighted by Crippen LogP contribution is 2.35. The Bertz CT molecular complexity index is 1040. The quantitative estimate of drug-likeness (QED) is 0.0222. The van der Waals surface area contributed by atoms with Gasteiger partial charge in [-0.15, -0.1) is 0 Å². The van der Waals surface area contributed by atoms with E-state index in [4.69, 9.17) is 19.3 Å². The largest absolute Gasteiger partial charge is 0.469 e. The van der Waals surface area contributed by atoms with Crippen LogP contribution in [0.3, 0.4) is 0 Å². The molecule has 0 amide bonds. The van der Waals surface area contributed by atoms with Gasteiger partial charge in [-0.2, -0.15) is 0 Å². The summed E-state index contributed by atoms with van der Waals surface area (Å²) < 4.78 is 26.2.